The van der Waals surface area contributed by atoms with E-state index in [1.165, 1.54) is 38.9 Å². The molecule has 0 spiro atoms. The molecule has 0 atom stereocenters. The highest BCUT2D eigenvalue weighted by molar-refractivity contribution is 5.96. The van der Waals surface area contributed by atoms with E-state index in [0.717, 1.165) is 44.8 Å². The van der Waals surface area contributed by atoms with Crippen LogP contribution >= 0.6 is 0 Å². The molecule has 3 nitrogen and oxygen atoms in total. The maximum absolute atomic E-state index is 5.19. The van der Waals surface area contributed by atoms with Crippen LogP contribution in [0.3, 0.4) is 0 Å². The molecule has 0 aliphatic heterocycles. The van der Waals surface area contributed by atoms with Crippen LogP contribution in [-0.4, -0.2) is 15.0 Å². The summed E-state index contributed by atoms with van der Waals surface area (Å²) in [5, 5.41) is 0. The van der Waals surface area contributed by atoms with Crippen molar-refractivity contribution in [2.45, 2.75) is 5.41 Å². The summed E-state index contributed by atoms with van der Waals surface area (Å²) in [6.07, 6.45) is 3.65. The third-order valence-corrected chi connectivity index (χ3v) is 10.9. The van der Waals surface area contributed by atoms with Crippen LogP contribution in [0.2, 0.25) is 0 Å². The van der Waals surface area contributed by atoms with E-state index in [1.54, 1.807) is 0 Å². The average Bonchev–Trinajstić information content (AvgIpc) is 3.59. The third-order valence-electron chi connectivity index (χ3n) is 10.9. The van der Waals surface area contributed by atoms with Crippen LogP contribution in [0.15, 0.2) is 213 Å². The predicted octanol–water partition coefficient (Wildman–Crippen LogP) is 12.6. The van der Waals surface area contributed by atoms with Gasteiger partial charge in [0, 0.05) is 29.1 Å². The molecule has 0 unspecified atom stereocenters. The molecule has 258 valence electrons. The quantitative estimate of drug-likeness (QED) is 0.166. The van der Waals surface area contributed by atoms with E-state index in [0.29, 0.717) is 5.82 Å². The summed E-state index contributed by atoms with van der Waals surface area (Å²) in [6, 6.07) is 71.5. The number of benzene rings is 7. The summed E-state index contributed by atoms with van der Waals surface area (Å²) in [4.78, 5) is 14.5. The van der Waals surface area contributed by atoms with Crippen molar-refractivity contribution in [2.75, 3.05) is 0 Å². The summed E-state index contributed by atoms with van der Waals surface area (Å²) in [6.45, 7) is 0. The second-order valence-electron chi connectivity index (χ2n) is 14.0. The molecule has 0 amide bonds. The molecule has 0 N–H and O–H groups in total. The first-order valence-electron chi connectivity index (χ1n) is 18.7. The molecule has 10 rings (SSSR count). The van der Waals surface area contributed by atoms with Crippen molar-refractivity contribution < 1.29 is 0 Å². The second-order valence-corrected chi connectivity index (χ2v) is 14.0. The summed E-state index contributed by atoms with van der Waals surface area (Å²) in [5.41, 5.74) is 16.6. The molecular weight excluding hydrogens is 667 g/mol. The minimum atomic E-state index is -0.457. The number of aromatic nitrogens is 3. The van der Waals surface area contributed by atoms with E-state index >= 15 is 0 Å². The van der Waals surface area contributed by atoms with Crippen molar-refractivity contribution in [1.29, 1.82) is 0 Å². The van der Waals surface area contributed by atoms with Crippen molar-refractivity contribution in [3.63, 3.8) is 0 Å². The molecule has 9 aromatic rings. The summed E-state index contributed by atoms with van der Waals surface area (Å²) in [5.74, 6) is 0.696. The van der Waals surface area contributed by atoms with Crippen molar-refractivity contribution in [3.05, 3.63) is 235 Å². The lowest BCUT2D eigenvalue weighted by atomic mass is 9.67. The average molecular weight is 702 g/mol. The molecule has 55 heavy (non-hydrogen) atoms. The highest BCUT2D eigenvalue weighted by Gasteiger charge is 2.46. The Morgan fingerprint density at radius 2 is 0.836 bits per heavy atom. The molecule has 1 aliphatic carbocycles. The molecule has 0 saturated heterocycles. The largest absolute Gasteiger partial charge is 0.265 e. The molecule has 0 bridgehead atoms. The lowest BCUT2D eigenvalue weighted by Gasteiger charge is -2.34. The van der Waals surface area contributed by atoms with E-state index in [1.807, 2.05) is 42.7 Å². The van der Waals surface area contributed by atoms with Crippen LogP contribution < -0.4 is 0 Å². The fourth-order valence-corrected chi connectivity index (χ4v) is 8.42. The lowest BCUT2D eigenvalue weighted by Crippen LogP contribution is -2.28. The molecular formula is C52H35N3. The molecule has 2 heterocycles. The van der Waals surface area contributed by atoms with Gasteiger partial charge in [0.1, 0.15) is 0 Å². The first-order valence-corrected chi connectivity index (χ1v) is 18.7. The lowest BCUT2D eigenvalue weighted by molar-refractivity contribution is 0.768. The van der Waals surface area contributed by atoms with E-state index in [4.69, 9.17) is 9.97 Å². The third kappa shape index (κ3) is 5.57. The molecule has 7 aromatic carbocycles. The Bertz CT molecular complexity index is 2740. The van der Waals surface area contributed by atoms with Crippen molar-refractivity contribution in [2.24, 2.45) is 0 Å². The highest BCUT2D eigenvalue weighted by Crippen LogP contribution is 2.58. The number of pyridine rings is 1. The monoisotopic (exact) mass is 701 g/mol. The first kappa shape index (κ1) is 32.4. The fourth-order valence-electron chi connectivity index (χ4n) is 8.42. The Kier molecular flexibility index (Phi) is 8.04. The van der Waals surface area contributed by atoms with Gasteiger partial charge in [-0.2, -0.15) is 0 Å². The van der Waals surface area contributed by atoms with Gasteiger partial charge in [0.25, 0.3) is 0 Å². The first-order chi connectivity index (χ1) is 27.3. The standard InChI is InChI=1S/C52H35N3/c1-4-14-39(15-5-1)51-54-48(38-28-26-36(27-29-38)37-30-32-53-33-31-37)35-49(55-51)41-17-12-16-40(34-41)44-23-13-25-47-50(44)45-22-10-11-24-46(45)52(47,42-18-6-2-7-19-42)43-20-8-3-9-21-43/h1-35H. The zero-order valence-electron chi connectivity index (χ0n) is 30.0. The highest BCUT2D eigenvalue weighted by atomic mass is 14.9. The zero-order valence-corrected chi connectivity index (χ0v) is 30.0. The number of hydrogen-bond acceptors (Lipinski definition) is 3. The van der Waals surface area contributed by atoms with Crippen molar-refractivity contribution >= 4 is 0 Å². The van der Waals surface area contributed by atoms with Crippen LogP contribution in [0.5, 0.6) is 0 Å². The van der Waals surface area contributed by atoms with Crippen LogP contribution in [0, 0.1) is 0 Å². The molecule has 0 fully saturated rings. The van der Waals surface area contributed by atoms with Gasteiger partial charge in [0.05, 0.1) is 16.8 Å². The molecule has 2 aromatic heterocycles. The van der Waals surface area contributed by atoms with Gasteiger partial charge in [-0.1, -0.05) is 176 Å². The maximum Gasteiger partial charge on any atom is 0.160 e. The Morgan fingerprint density at radius 1 is 0.327 bits per heavy atom. The Morgan fingerprint density at radius 3 is 1.55 bits per heavy atom. The van der Waals surface area contributed by atoms with Gasteiger partial charge < -0.3 is 0 Å². The number of rotatable bonds is 7. The topological polar surface area (TPSA) is 38.7 Å². The van der Waals surface area contributed by atoms with Crippen molar-refractivity contribution in [1.82, 2.24) is 15.0 Å². The Hall–Kier alpha value is -7.23. The molecule has 0 saturated carbocycles. The number of fused-ring (bicyclic) bond motifs is 3. The summed E-state index contributed by atoms with van der Waals surface area (Å²) < 4.78 is 0. The van der Waals surface area contributed by atoms with Gasteiger partial charge >= 0.3 is 0 Å². The van der Waals surface area contributed by atoms with Crippen LogP contribution in [0.25, 0.3) is 67.3 Å². The molecule has 3 heteroatoms. The number of nitrogens with zero attached hydrogens (tertiary/aromatic N) is 3. The van der Waals surface area contributed by atoms with Crippen LogP contribution in [-0.2, 0) is 5.41 Å². The van der Waals surface area contributed by atoms with Gasteiger partial charge in [0.15, 0.2) is 5.82 Å². The van der Waals surface area contributed by atoms with Crippen LogP contribution in [0.1, 0.15) is 22.3 Å². The minimum absolute atomic E-state index is 0.457. The van der Waals surface area contributed by atoms with E-state index in [9.17, 15) is 0 Å². The second kappa shape index (κ2) is 13.6. The van der Waals surface area contributed by atoms with E-state index < -0.39 is 5.41 Å². The fraction of sp³-hybridized carbons (Fsp3) is 0.0192. The van der Waals surface area contributed by atoms with Gasteiger partial charge in [-0.05, 0) is 79.9 Å². The van der Waals surface area contributed by atoms with Gasteiger partial charge in [-0.15, -0.1) is 0 Å². The summed E-state index contributed by atoms with van der Waals surface area (Å²) in [7, 11) is 0. The molecule has 1 aliphatic rings. The summed E-state index contributed by atoms with van der Waals surface area (Å²) >= 11 is 0. The SMILES string of the molecule is c1ccc(-c2nc(-c3ccc(-c4ccncc4)cc3)cc(-c3cccc(-c4cccc5c4-c4ccccc4C5(c4ccccc4)c4ccccc4)c3)n2)cc1. The Balaban J connectivity index is 1.13. The van der Waals surface area contributed by atoms with E-state index in [-0.39, 0.29) is 0 Å². The Labute approximate surface area is 321 Å². The van der Waals surface area contributed by atoms with Crippen LogP contribution in [0.4, 0.5) is 0 Å². The van der Waals surface area contributed by atoms with Gasteiger partial charge in [-0.3, -0.25) is 4.98 Å². The maximum atomic E-state index is 5.19. The van der Waals surface area contributed by atoms with Gasteiger partial charge in [0.2, 0.25) is 0 Å². The normalized spacial score (nSPS) is 12.5. The van der Waals surface area contributed by atoms with E-state index in [2.05, 4.69) is 175 Å². The van der Waals surface area contributed by atoms with Crippen molar-refractivity contribution in [3.8, 4) is 67.3 Å². The zero-order chi connectivity index (χ0) is 36.6. The predicted molar refractivity (Wildman–Crippen MR) is 224 cm³/mol. The smallest absolute Gasteiger partial charge is 0.160 e. The minimum Gasteiger partial charge on any atom is -0.265 e. The van der Waals surface area contributed by atoms with Gasteiger partial charge in [-0.25, -0.2) is 9.97 Å². The molecule has 0 radical (unpaired) electrons. The number of hydrogen-bond donors (Lipinski definition) is 0.